The Morgan fingerprint density at radius 2 is 1.45 bits per heavy atom. The van der Waals surface area contributed by atoms with E-state index in [0.29, 0.717) is 49.7 Å². The van der Waals surface area contributed by atoms with Crippen molar-refractivity contribution in [2.24, 2.45) is 5.92 Å². The summed E-state index contributed by atoms with van der Waals surface area (Å²) >= 11 is 0. The lowest BCUT2D eigenvalue weighted by Crippen LogP contribution is -2.45. The Balaban J connectivity index is 0.839. The smallest absolute Gasteiger partial charge is 0.223 e. The van der Waals surface area contributed by atoms with Crippen molar-refractivity contribution in [1.29, 1.82) is 0 Å². The summed E-state index contributed by atoms with van der Waals surface area (Å²) in [5.41, 5.74) is 5.41. The van der Waals surface area contributed by atoms with Gasteiger partial charge < -0.3 is 31.1 Å². The van der Waals surface area contributed by atoms with E-state index in [4.69, 9.17) is 24.7 Å². The number of β-amino-alcohol motifs (C(OH)–C–C–N with tert-alkyl or cyclic N) is 1. The van der Waals surface area contributed by atoms with Crippen LogP contribution in [0.4, 0.5) is 11.9 Å². The van der Waals surface area contributed by atoms with Crippen molar-refractivity contribution >= 4 is 23.2 Å². The first-order valence-corrected chi connectivity index (χ1v) is 18.7. The molecule has 1 saturated carbocycles. The monoisotopic (exact) mass is 716 g/mol. The van der Waals surface area contributed by atoms with E-state index in [9.17, 15) is 5.11 Å². The summed E-state index contributed by atoms with van der Waals surface area (Å²) in [7, 11) is 0. The number of rotatable bonds is 10. The molecule has 16 heteroatoms. The third-order valence-electron chi connectivity index (χ3n) is 10.7. The molecule has 6 aromatic rings. The zero-order chi connectivity index (χ0) is 35.6. The van der Waals surface area contributed by atoms with Gasteiger partial charge in [0.2, 0.25) is 11.9 Å². The average Bonchev–Trinajstić information content (AvgIpc) is 3.88. The predicted octanol–water partition coefficient (Wildman–Crippen LogP) is 3.30. The topological polar surface area (TPSA) is 190 Å². The molecule has 274 valence electrons. The second-order valence-corrected chi connectivity index (χ2v) is 14.3. The number of fused-ring (bicyclic) bond motifs is 2. The molecule has 5 N–H and O–H groups in total. The standard InChI is InChI=1S/C37H44N14O2/c52-32-22-38-12-5-23(32)21-40-37-48-30(29-10-17-51-35(46-29)8-15-42-51)20-31(49-37)33-19-26(11-18-53-33)43-24-1-3-25(4-2-24)44-36-39-13-6-27(47-36)28-9-16-50-34(45-28)7-14-41-50/h6-10,13-17,20,23-26,32-33,38,43,52H,1-5,11-12,18-19,21-22H2,(H,39,44,47)(H,40,48,49)/t23-,24-,25-,26?,32+,33?/m0/s1. The van der Waals surface area contributed by atoms with Crippen LogP contribution in [0, 0.1) is 5.92 Å². The fourth-order valence-corrected chi connectivity index (χ4v) is 7.75. The minimum Gasteiger partial charge on any atom is -0.391 e. The van der Waals surface area contributed by atoms with Crippen molar-refractivity contribution in [2.45, 2.75) is 75.3 Å². The maximum Gasteiger partial charge on any atom is 0.223 e. The summed E-state index contributed by atoms with van der Waals surface area (Å²) in [6, 6.07) is 12.5. The Morgan fingerprint density at radius 1 is 0.736 bits per heavy atom. The summed E-state index contributed by atoms with van der Waals surface area (Å²) in [5.74, 6) is 1.27. The average molecular weight is 717 g/mol. The quantitative estimate of drug-likeness (QED) is 0.139. The van der Waals surface area contributed by atoms with Crippen molar-refractivity contribution in [3.05, 3.63) is 73.1 Å². The Labute approximate surface area is 306 Å². The van der Waals surface area contributed by atoms with Crippen molar-refractivity contribution in [3.8, 4) is 22.8 Å². The number of nitrogens with one attached hydrogen (secondary N) is 4. The molecule has 2 aliphatic heterocycles. The summed E-state index contributed by atoms with van der Waals surface area (Å²) in [5, 5.41) is 33.3. The molecular formula is C37H44N14O2. The number of ether oxygens (including phenoxy) is 1. The summed E-state index contributed by atoms with van der Waals surface area (Å²) in [6.07, 6.45) is 15.3. The molecule has 3 fully saturated rings. The number of anilines is 2. The first-order chi connectivity index (χ1) is 26.1. The van der Waals surface area contributed by atoms with E-state index in [1.165, 1.54) is 0 Å². The van der Waals surface area contributed by atoms with Gasteiger partial charge in [0, 0.05) is 74.5 Å². The van der Waals surface area contributed by atoms with E-state index in [1.807, 2.05) is 48.8 Å². The predicted molar refractivity (Wildman–Crippen MR) is 198 cm³/mol. The van der Waals surface area contributed by atoms with Crippen molar-refractivity contribution in [2.75, 3.05) is 36.9 Å². The highest BCUT2D eigenvalue weighted by atomic mass is 16.5. The van der Waals surface area contributed by atoms with E-state index in [2.05, 4.69) is 41.4 Å². The lowest BCUT2D eigenvalue weighted by Gasteiger charge is -2.36. The largest absolute Gasteiger partial charge is 0.391 e. The van der Waals surface area contributed by atoms with Crippen LogP contribution in [-0.2, 0) is 4.74 Å². The Bertz CT molecular complexity index is 2160. The highest BCUT2D eigenvalue weighted by molar-refractivity contribution is 5.60. The molecule has 3 aliphatic rings. The SMILES string of the molecule is O[C@@H]1CNCC[C@H]1CNc1nc(-c2ccn3nccc3n2)cc(C2CC(N[C@H]3CC[C@H](Nc4nccc(-c5ccn6nccc6n5)n4)CC3)CCO2)n1. The van der Waals surface area contributed by atoms with E-state index < -0.39 is 6.10 Å². The van der Waals surface area contributed by atoms with Crippen molar-refractivity contribution in [1.82, 2.24) is 59.8 Å². The number of nitrogens with zero attached hydrogens (tertiary/aromatic N) is 10. The van der Waals surface area contributed by atoms with Crippen LogP contribution in [0.15, 0.2) is 67.4 Å². The van der Waals surface area contributed by atoms with Crippen LogP contribution in [-0.4, -0.2) is 105 Å². The molecule has 9 rings (SSSR count). The van der Waals surface area contributed by atoms with E-state index >= 15 is 0 Å². The first kappa shape index (κ1) is 33.7. The van der Waals surface area contributed by atoms with Crippen LogP contribution < -0.4 is 21.3 Å². The van der Waals surface area contributed by atoms with Crippen LogP contribution in [0.5, 0.6) is 0 Å². The minimum absolute atomic E-state index is 0.122. The van der Waals surface area contributed by atoms with Crippen LogP contribution in [0.3, 0.4) is 0 Å². The van der Waals surface area contributed by atoms with E-state index in [-0.39, 0.29) is 12.0 Å². The van der Waals surface area contributed by atoms with Crippen LogP contribution >= 0.6 is 0 Å². The number of piperidine rings is 1. The van der Waals surface area contributed by atoms with Gasteiger partial charge in [0.1, 0.15) is 6.10 Å². The second kappa shape index (κ2) is 15.1. The van der Waals surface area contributed by atoms with Gasteiger partial charge in [0.25, 0.3) is 0 Å². The zero-order valence-corrected chi connectivity index (χ0v) is 29.4. The molecule has 0 bridgehead atoms. The molecule has 53 heavy (non-hydrogen) atoms. The summed E-state index contributed by atoms with van der Waals surface area (Å²) in [6.45, 7) is 2.73. The normalized spacial score (nSPS) is 25.1. The molecule has 16 nitrogen and oxygen atoms in total. The highest BCUT2D eigenvalue weighted by Gasteiger charge is 2.30. The number of aliphatic hydroxyl groups excluding tert-OH is 1. The fourth-order valence-electron chi connectivity index (χ4n) is 7.75. The van der Waals surface area contributed by atoms with Gasteiger partial charge in [-0.25, -0.2) is 38.9 Å². The number of aromatic nitrogens is 10. The van der Waals surface area contributed by atoms with E-state index in [0.717, 1.165) is 91.3 Å². The summed E-state index contributed by atoms with van der Waals surface area (Å²) < 4.78 is 9.84. The molecule has 1 aliphatic carbocycles. The van der Waals surface area contributed by atoms with Gasteiger partial charge in [-0.1, -0.05) is 0 Å². The number of hydrogen-bond acceptors (Lipinski definition) is 14. The van der Waals surface area contributed by atoms with Crippen LogP contribution in [0.25, 0.3) is 34.1 Å². The van der Waals surface area contributed by atoms with E-state index in [1.54, 1.807) is 27.6 Å². The second-order valence-electron chi connectivity index (χ2n) is 14.3. The lowest BCUT2D eigenvalue weighted by molar-refractivity contribution is -0.00495. The van der Waals surface area contributed by atoms with Crippen molar-refractivity contribution in [3.63, 3.8) is 0 Å². The van der Waals surface area contributed by atoms with Gasteiger partial charge in [-0.3, -0.25) is 0 Å². The third-order valence-corrected chi connectivity index (χ3v) is 10.7. The first-order valence-electron chi connectivity index (χ1n) is 18.7. The molecule has 6 aromatic heterocycles. The molecule has 0 spiro atoms. The lowest BCUT2D eigenvalue weighted by atomic mass is 9.89. The van der Waals surface area contributed by atoms with Gasteiger partial charge in [0.05, 0.1) is 47.0 Å². The molecule has 2 saturated heterocycles. The minimum atomic E-state index is -0.407. The molecule has 4 atom stereocenters. The van der Waals surface area contributed by atoms with Crippen LogP contribution in [0.1, 0.15) is 56.7 Å². The summed E-state index contributed by atoms with van der Waals surface area (Å²) in [4.78, 5) is 28.6. The van der Waals surface area contributed by atoms with Gasteiger partial charge in [-0.05, 0) is 75.8 Å². The Hall–Kier alpha value is -5.16. The molecule has 0 amide bonds. The fraction of sp³-hybridized carbons (Fsp3) is 0.459. The van der Waals surface area contributed by atoms with Gasteiger partial charge in [-0.15, -0.1) is 0 Å². The Morgan fingerprint density at radius 3 is 2.23 bits per heavy atom. The number of aliphatic hydroxyl groups is 1. The van der Waals surface area contributed by atoms with Gasteiger partial charge in [0.15, 0.2) is 11.3 Å². The molecule has 0 radical (unpaired) electrons. The molecule has 2 unspecified atom stereocenters. The van der Waals surface area contributed by atoms with Crippen LogP contribution in [0.2, 0.25) is 0 Å². The highest BCUT2D eigenvalue weighted by Crippen LogP contribution is 2.32. The maximum atomic E-state index is 10.5. The van der Waals surface area contributed by atoms with Gasteiger partial charge in [-0.2, -0.15) is 10.2 Å². The van der Waals surface area contributed by atoms with Gasteiger partial charge >= 0.3 is 0 Å². The maximum absolute atomic E-state index is 10.5. The van der Waals surface area contributed by atoms with Crippen molar-refractivity contribution < 1.29 is 9.84 Å². The number of hydrogen-bond donors (Lipinski definition) is 5. The third kappa shape index (κ3) is 7.67. The Kier molecular flexibility index (Phi) is 9.57. The zero-order valence-electron chi connectivity index (χ0n) is 29.4. The molecule has 8 heterocycles. The molecular weight excluding hydrogens is 673 g/mol. The molecule has 0 aromatic carbocycles.